The van der Waals surface area contributed by atoms with Gasteiger partial charge in [0.05, 0.1) is 31.6 Å². The van der Waals surface area contributed by atoms with E-state index in [-0.39, 0.29) is 11.7 Å². The van der Waals surface area contributed by atoms with E-state index < -0.39 is 0 Å². The van der Waals surface area contributed by atoms with Crippen LogP contribution in [0.25, 0.3) is 11.3 Å². The number of benzene rings is 1. The molecule has 0 unspecified atom stereocenters. The van der Waals surface area contributed by atoms with Gasteiger partial charge in [-0.2, -0.15) is 5.10 Å². The first-order valence-electron chi connectivity index (χ1n) is 11.0. The molecule has 1 aromatic carbocycles. The molecule has 0 aliphatic carbocycles. The molecular weight excluding hydrogens is 397 g/mol. The number of morpholine rings is 1. The average molecular weight is 428 g/mol. The fraction of sp³-hybridized carbons (Fsp3) is 0.478. The summed E-state index contributed by atoms with van der Waals surface area (Å²) in [5, 5.41) is 7.44. The van der Waals surface area contributed by atoms with E-state index in [4.69, 9.17) is 4.74 Å². The van der Waals surface area contributed by atoms with Crippen LogP contribution in [0, 0.1) is 5.82 Å². The van der Waals surface area contributed by atoms with Crippen LogP contribution in [-0.2, 0) is 9.53 Å². The van der Waals surface area contributed by atoms with Crippen molar-refractivity contribution in [1.29, 1.82) is 0 Å². The SMILES string of the molecule is O=C(CN1CC=C(c2cnn(-c3ccc(F)cc3)c2)CC1)NCCCN1CCOCC1. The number of aromatic nitrogens is 2. The summed E-state index contributed by atoms with van der Waals surface area (Å²) in [5.74, 6) is -0.171. The first-order chi connectivity index (χ1) is 15.2. The number of carbonyl (C=O) groups is 1. The highest BCUT2D eigenvalue weighted by atomic mass is 19.1. The summed E-state index contributed by atoms with van der Waals surface area (Å²) in [6.45, 7) is 7.33. The number of nitrogens with one attached hydrogen (secondary N) is 1. The fourth-order valence-electron chi connectivity index (χ4n) is 3.95. The van der Waals surface area contributed by atoms with Crippen LogP contribution in [0.3, 0.4) is 0 Å². The summed E-state index contributed by atoms with van der Waals surface area (Å²) >= 11 is 0. The van der Waals surface area contributed by atoms with Crippen molar-refractivity contribution < 1.29 is 13.9 Å². The van der Waals surface area contributed by atoms with Crippen molar-refractivity contribution in [3.63, 3.8) is 0 Å². The zero-order chi connectivity index (χ0) is 21.5. The number of nitrogens with zero attached hydrogens (tertiary/aromatic N) is 4. The minimum Gasteiger partial charge on any atom is -0.379 e. The Kier molecular flexibility index (Phi) is 7.45. The Balaban J connectivity index is 1.19. The first kappa shape index (κ1) is 21.7. The Bertz CT molecular complexity index is 890. The van der Waals surface area contributed by atoms with Crippen LogP contribution >= 0.6 is 0 Å². The van der Waals surface area contributed by atoms with Crippen molar-refractivity contribution in [3.05, 3.63) is 54.1 Å². The number of halogens is 1. The van der Waals surface area contributed by atoms with Crippen molar-refractivity contribution in [2.24, 2.45) is 0 Å². The fourth-order valence-corrected chi connectivity index (χ4v) is 3.95. The Morgan fingerprint density at radius 3 is 2.68 bits per heavy atom. The Labute approximate surface area is 182 Å². The van der Waals surface area contributed by atoms with Gasteiger partial charge in [-0.1, -0.05) is 6.08 Å². The molecule has 1 amide bonds. The van der Waals surface area contributed by atoms with Gasteiger partial charge in [-0.3, -0.25) is 14.6 Å². The van der Waals surface area contributed by atoms with Crippen molar-refractivity contribution in [3.8, 4) is 5.69 Å². The zero-order valence-electron chi connectivity index (χ0n) is 17.8. The van der Waals surface area contributed by atoms with Gasteiger partial charge in [-0.25, -0.2) is 9.07 Å². The van der Waals surface area contributed by atoms with Gasteiger partial charge in [0, 0.05) is 44.5 Å². The lowest BCUT2D eigenvalue weighted by atomic mass is 10.0. The topological polar surface area (TPSA) is 62.6 Å². The summed E-state index contributed by atoms with van der Waals surface area (Å²) in [6, 6.07) is 6.29. The van der Waals surface area contributed by atoms with E-state index in [2.05, 4.69) is 26.3 Å². The maximum atomic E-state index is 13.1. The molecule has 1 aromatic heterocycles. The van der Waals surface area contributed by atoms with Crippen molar-refractivity contribution in [2.45, 2.75) is 12.8 Å². The van der Waals surface area contributed by atoms with E-state index >= 15 is 0 Å². The molecule has 1 N–H and O–H groups in total. The van der Waals surface area contributed by atoms with Crippen LogP contribution in [0.4, 0.5) is 4.39 Å². The number of hydrogen-bond donors (Lipinski definition) is 1. The van der Waals surface area contributed by atoms with Gasteiger partial charge in [0.25, 0.3) is 0 Å². The standard InChI is InChI=1S/C23H30FN5O2/c24-21-2-4-22(5-3-21)29-17-20(16-26-29)19-6-10-28(11-7-19)18-23(30)25-8-1-9-27-12-14-31-15-13-27/h2-6,16-17H,1,7-15,18H2,(H,25,30). The van der Waals surface area contributed by atoms with Gasteiger partial charge < -0.3 is 10.1 Å². The summed E-state index contributed by atoms with van der Waals surface area (Å²) < 4.78 is 20.2. The second-order valence-electron chi connectivity index (χ2n) is 8.02. The molecule has 1 fully saturated rings. The molecule has 2 aliphatic heterocycles. The number of hydrogen-bond acceptors (Lipinski definition) is 5. The van der Waals surface area contributed by atoms with Gasteiger partial charge >= 0.3 is 0 Å². The van der Waals surface area contributed by atoms with Gasteiger partial charge in [0.2, 0.25) is 5.91 Å². The van der Waals surface area contributed by atoms with Crippen LogP contribution in [0.15, 0.2) is 42.7 Å². The van der Waals surface area contributed by atoms with Crippen LogP contribution in [0.5, 0.6) is 0 Å². The van der Waals surface area contributed by atoms with E-state index in [1.165, 1.54) is 17.7 Å². The zero-order valence-corrected chi connectivity index (χ0v) is 17.8. The maximum Gasteiger partial charge on any atom is 0.234 e. The summed E-state index contributed by atoms with van der Waals surface area (Å²) in [6.07, 6.45) is 7.82. The molecule has 0 spiro atoms. The van der Waals surface area contributed by atoms with Gasteiger partial charge in [-0.05, 0) is 49.2 Å². The molecule has 0 saturated carbocycles. The number of ether oxygens (including phenoxy) is 1. The van der Waals surface area contributed by atoms with Gasteiger partial charge in [0.15, 0.2) is 0 Å². The third kappa shape index (κ3) is 6.22. The second-order valence-corrected chi connectivity index (χ2v) is 8.02. The maximum absolute atomic E-state index is 13.1. The molecule has 0 bridgehead atoms. The molecule has 7 nitrogen and oxygen atoms in total. The number of amides is 1. The molecule has 1 saturated heterocycles. The second kappa shape index (κ2) is 10.7. The molecule has 0 atom stereocenters. The lowest BCUT2D eigenvalue weighted by Crippen LogP contribution is -2.41. The average Bonchev–Trinajstić information content (AvgIpc) is 3.29. The summed E-state index contributed by atoms with van der Waals surface area (Å²) in [4.78, 5) is 16.8. The molecule has 2 aliphatic rings. The minimum atomic E-state index is -0.257. The third-order valence-corrected chi connectivity index (χ3v) is 5.78. The molecule has 3 heterocycles. The lowest BCUT2D eigenvalue weighted by molar-refractivity contribution is -0.122. The van der Waals surface area contributed by atoms with Crippen LogP contribution in [0.1, 0.15) is 18.4 Å². The van der Waals surface area contributed by atoms with Crippen molar-refractivity contribution in [2.75, 3.05) is 59.0 Å². The van der Waals surface area contributed by atoms with Crippen LogP contribution < -0.4 is 5.32 Å². The van der Waals surface area contributed by atoms with Crippen LogP contribution in [0.2, 0.25) is 0 Å². The highest BCUT2D eigenvalue weighted by Gasteiger charge is 2.17. The van der Waals surface area contributed by atoms with E-state index in [1.807, 2.05) is 12.4 Å². The van der Waals surface area contributed by atoms with E-state index in [1.54, 1.807) is 16.8 Å². The highest BCUT2D eigenvalue weighted by molar-refractivity contribution is 5.78. The molecule has 4 rings (SSSR count). The smallest absolute Gasteiger partial charge is 0.234 e. The predicted octanol–water partition coefficient (Wildman–Crippen LogP) is 1.94. The largest absolute Gasteiger partial charge is 0.379 e. The van der Waals surface area contributed by atoms with E-state index in [0.29, 0.717) is 13.1 Å². The monoisotopic (exact) mass is 427 g/mol. The molecule has 2 aromatic rings. The minimum absolute atomic E-state index is 0.0861. The molecular formula is C23H30FN5O2. The van der Waals surface area contributed by atoms with E-state index in [0.717, 1.165) is 70.0 Å². The van der Waals surface area contributed by atoms with E-state index in [9.17, 15) is 9.18 Å². The quantitative estimate of drug-likeness (QED) is 0.653. The predicted molar refractivity (Wildman–Crippen MR) is 117 cm³/mol. The summed E-state index contributed by atoms with van der Waals surface area (Å²) in [5.41, 5.74) is 3.13. The number of rotatable bonds is 8. The Morgan fingerprint density at radius 2 is 1.94 bits per heavy atom. The molecule has 0 radical (unpaired) electrons. The Morgan fingerprint density at radius 1 is 1.13 bits per heavy atom. The molecule has 31 heavy (non-hydrogen) atoms. The van der Waals surface area contributed by atoms with Gasteiger partial charge in [0.1, 0.15) is 5.82 Å². The number of carbonyl (C=O) groups excluding carboxylic acids is 1. The summed E-state index contributed by atoms with van der Waals surface area (Å²) in [7, 11) is 0. The van der Waals surface area contributed by atoms with Gasteiger partial charge in [-0.15, -0.1) is 0 Å². The first-order valence-corrected chi connectivity index (χ1v) is 11.0. The lowest BCUT2D eigenvalue weighted by Gasteiger charge is -2.27. The molecule has 8 heteroatoms. The van der Waals surface area contributed by atoms with Crippen molar-refractivity contribution in [1.82, 2.24) is 24.9 Å². The third-order valence-electron chi connectivity index (χ3n) is 5.78. The Hall–Kier alpha value is -2.55. The normalized spacial score (nSPS) is 18.0. The van der Waals surface area contributed by atoms with Crippen LogP contribution in [-0.4, -0.2) is 84.5 Å². The van der Waals surface area contributed by atoms with Crippen molar-refractivity contribution >= 4 is 11.5 Å². The molecule has 166 valence electrons. The highest BCUT2D eigenvalue weighted by Crippen LogP contribution is 2.22.